The van der Waals surface area contributed by atoms with Crippen LogP contribution in [0.1, 0.15) is 25.5 Å². The Kier molecular flexibility index (Phi) is 4.01. The van der Waals surface area contributed by atoms with Crippen LogP contribution in [0.25, 0.3) is 0 Å². The number of carbonyl (C=O) groups excluding carboxylic acids is 1. The van der Waals surface area contributed by atoms with Crippen molar-refractivity contribution in [2.75, 3.05) is 19.0 Å². The van der Waals surface area contributed by atoms with E-state index in [1.807, 2.05) is 31.2 Å². The van der Waals surface area contributed by atoms with Gasteiger partial charge in [-0.15, -0.1) is 0 Å². The van der Waals surface area contributed by atoms with E-state index in [0.717, 1.165) is 11.3 Å². The summed E-state index contributed by atoms with van der Waals surface area (Å²) in [6.45, 7) is 3.93. The number of hydrogen-bond donors (Lipinski definition) is 1. The van der Waals surface area contributed by atoms with Crippen LogP contribution >= 0.6 is 0 Å². The molecule has 23 heavy (non-hydrogen) atoms. The molecule has 0 saturated heterocycles. The Hall–Kier alpha value is -2.83. The van der Waals surface area contributed by atoms with Crippen molar-refractivity contribution in [1.29, 1.82) is 0 Å². The number of ether oxygens (including phenoxy) is 2. The molecule has 0 spiro atoms. The number of aromatic nitrogens is 3. The van der Waals surface area contributed by atoms with Gasteiger partial charge in [-0.2, -0.15) is 10.1 Å². The van der Waals surface area contributed by atoms with Crippen LogP contribution in [-0.4, -0.2) is 34.5 Å². The summed E-state index contributed by atoms with van der Waals surface area (Å²) < 4.78 is 12.1. The van der Waals surface area contributed by atoms with E-state index in [4.69, 9.17) is 9.47 Å². The summed E-state index contributed by atoms with van der Waals surface area (Å²) in [7, 11) is 1.61. The topological polar surface area (TPSA) is 78.3 Å². The van der Waals surface area contributed by atoms with Gasteiger partial charge in [0.25, 0.3) is 0 Å². The van der Waals surface area contributed by atoms with E-state index in [1.54, 1.807) is 18.7 Å². The van der Waals surface area contributed by atoms with Gasteiger partial charge in [0.1, 0.15) is 18.1 Å². The van der Waals surface area contributed by atoms with Crippen molar-refractivity contribution in [3.8, 4) is 5.75 Å². The van der Waals surface area contributed by atoms with E-state index in [-0.39, 0.29) is 5.97 Å². The Morgan fingerprint density at radius 2 is 2.09 bits per heavy atom. The highest BCUT2D eigenvalue weighted by molar-refractivity contribution is 5.92. The molecule has 0 radical (unpaired) electrons. The van der Waals surface area contributed by atoms with Gasteiger partial charge in [0.15, 0.2) is 0 Å². The average Bonchev–Trinajstić information content (AvgIpc) is 3.01. The molecule has 0 fully saturated rings. The molecule has 1 aromatic carbocycles. The monoisotopic (exact) mass is 314 g/mol. The standard InChI is InChI=1S/C16H18N4O3/c1-4-23-15(21)13-10(2)19-16-17-9-18-20(16)14(13)11-5-7-12(22-3)8-6-11/h5-9,14H,4H2,1-3H3,(H,17,18,19)/t14-/m0/s1. The van der Waals surface area contributed by atoms with Crippen molar-refractivity contribution in [3.05, 3.63) is 47.4 Å². The highest BCUT2D eigenvalue weighted by Gasteiger charge is 2.34. The lowest BCUT2D eigenvalue weighted by molar-refractivity contribution is -0.139. The number of rotatable bonds is 4. The molecule has 7 nitrogen and oxygen atoms in total. The zero-order valence-corrected chi connectivity index (χ0v) is 13.2. The number of anilines is 1. The van der Waals surface area contributed by atoms with Gasteiger partial charge in [0.2, 0.25) is 5.95 Å². The summed E-state index contributed by atoms with van der Waals surface area (Å²) in [6, 6.07) is 7.14. The lowest BCUT2D eigenvalue weighted by atomic mass is 9.96. The first-order valence-electron chi connectivity index (χ1n) is 7.34. The normalized spacial score (nSPS) is 16.6. The molecular weight excluding hydrogens is 296 g/mol. The van der Waals surface area contributed by atoms with E-state index in [0.29, 0.717) is 23.8 Å². The van der Waals surface area contributed by atoms with Crippen molar-refractivity contribution in [2.45, 2.75) is 19.9 Å². The van der Waals surface area contributed by atoms with Gasteiger partial charge >= 0.3 is 5.97 Å². The quantitative estimate of drug-likeness (QED) is 0.871. The average molecular weight is 314 g/mol. The molecule has 1 aliphatic heterocycles. The lowest BCUT2D eigenvalue weighted by Crippen LogP contribution is -2.29. The molecule has 1 aromatic heterocycles. The summed E-state index contributed by atoms with van der Waals surface area (Å²) in [5.74, 6) is 0.982. The van der Waals surface area contributed by atoms with Crippen LogP contribution < -0.4 is 10.1 Å². The third kappa shape index (κ3) is 2.65. The van der Waals surface area contributed by atoms with Crippen molar-refractivity contribution in [1.82, 2.24) is 14.8 Å². The zero-order valence-electron chi connectivity index (χ0n) is 13.2. The van der Waals surface area contributed by atoms with Crippen molar-refractivity contribution in [3.63, 3.8) is 0 Å². The predicted molar refractivity (Wildman–Crippen MR) is 84.1 cm³/mol. The van der Waals surface area contributed by atoms with Gasteiger partial charge in [-0.3, -0.25) is 0 Å². The van der Waals surface area contributed by atoms with Crippen LogP contribution in [0, 0.1) is 0 Å². The molecule has 0 saturated carbocycles. The number of fused-ring (bicyclic) bond motifs is 1. The number of benzene rings is 1. The summed E-state index contributed by atoms with van der Waals surface area (Å²) in [4.78, 5) is 16.6. The molecule has 0 amide bonds. The first-order valence-corrected chi connectivity index (χ1v) is 7.34. The SMILES string of the molecule is CCOC(=O)C1=C(C)Nc2ncnn2[C@H]1c1ccc(OC)cc1. The zero-order chi connectivity index (χ0) is 16.4. The Balaban J connectivity index is 2.10. The van der Waals surface area contributed by atoms with E-state index in [1.165, 1.54) is 6.33 Å². The van der Waals surface area contributed by atoms with Crippen LogP contribution in [0.15, 0.2) is 41.9 Å². The van der Waals surface area contributed by atoms with Crippen LogP contribution in [0.3, 0.4) is 0 Å². The number of esters is 1. The maximum Gasteiger partial charge on any atom is 0.338 e. The fourth-order valence-electron chi connectivity index (χ4n) is 2.66. The Labute approximate surface area is 133 Å². The molecule has 1 N–H and O–H groups in total. The fraction of sp³-hybridized carbons (Fsp3) is 0.312. The third-order valence-electron chi connectivity index (χ3n) is 3.72. The molecule has 7 heteroatoms. The van der Waals surface area contributed by atoms with Gasteiger partial charge in [0.05, 0.1) is 19.3 Å². The highest BCUT2D eigenvalue weighted by atomic mass is 16.5. The number of allylic oxidation sites excluding steroid dienone is 1. The molecule has 2 heterocycles. The fourth-order valence-corrected chi connectivity index (χ4v) is 2.66. The van der Waals surface area contributed by atoms with Crippen molar-refractivity contribution < 1.29 is 14.3 Å². The van der Waals surface area contributed by atoms with E-state index >= 15 is 0 Å². The number of hydrogen-bond acceptors (Lipinski definition) is 6. The molecule has 0 bridgehead atoms. The van der Waals surface area contributed by atoms with Gasteiger partial charge in [-0.25, -0.2) is 9.48 Å². The third-order valence-corrected chi connectivity index (χ3v) is 3.72. The predicted octanol–water partition coefficient (Wildman–Crippen LogP) is 2.14. The maximum atomic E-state index is 12.4. The highest BCUT2D eigenvalue weighted by Crippen LogP contribution is 2.35. The van der Waals surface area contributed by atoms with E-state index in [9.17, 15) is 4.79 Å². The first-order chi connectivity index (χ1) is 11.2. The Morgan fingerprint density at radius 1 is 1.35 bits per heavy atom. The van der Waals surface area contributed by atoms with Crippen LogP contribution in [0.2, 0.25) is 0 Å². The van der Waals surface area contributed by atoms with Crippen LogP contribution in [0.5, 0.6) is 5.75 Å². The van der Waals surface area contributed by atoms with Crippen LogP contribution in [0.4, 0.5) is 5.95 Å². The molecule has 0 aliphatic carbocycles. The van der Waals surface area contributed by atoms with Crippen molar-refractivity contribution in [2.24, 2.45) is 0 Å². The summed E-state index contributed by atoms with van der Waals surface area (Å²) in [5, 5.41) is 7.35. The van der Waals surface area contributed by atoms with Gasteiger partial charge in [-0.05, 0) is 31.5 Å². The summed E-state index contributed by atoms with van der Waals surface area (Å²) >= 11 is 0. The molecule has 120 valence electrons. The Bertz CT molecular complexity index is 749. The van der Waals surface area contributed by atoms with Crippen LogP contribution in [-0.2, 0) is 9.53 Å². The van der Waals surface area contributed by atoms with Gasteiger partial charge in [-0.1, -0.05) is 12.1 Å². The number of methoxy groups -OCH3 is 1. The molecule has 1 aliphatic rings. The Morgan fingerprint density at radius 3 is 2.74 bits per heavy atom. The molecule has 1 atom stereocenters. The van der Waals surface area contributed by atoms with Crippen molar-refractivity contribution >= 4 is 11.9 Å². The van der Waals surface area contributed by atoms with E-state index in [2.05, 4.69) is 15.4 Å². The minimum Gasteiger partial charge on any atom is -0.497 e. The van der Waals surface area contributed by atoms with Gasteiger partial charge in [0, 0.05) is 5.70 Å². The summed E-state index contributed by atoms with van der Waals surface area (Å²) in [6.07, 6.45) is 1.46. The molecular formula is C16H18N4O3. The first kappa shape index (κ1) is 15.1. The minimum absolute atomic E-state index is 0.315. The summed E-state index contributed by atoms with van der Waals surface area (Å²) in [5.41, 5.74) is 2.14. The minimum atomic E-state index is -0.390. The molecule has 3 rings (SSSR count). The maximum absolute atomic E-state index is 12.4. The molecule has 0 unspecified atom stereocenters. The van der Waals surface area contributed by atoms with E-state index < -0.39 is 6.04 Å². The number of carbonyl (C=O) groups is 1. The molecule has 2 aromatic rings. The number of nitrogens with zero attached hydrogens (tertiary/aromatic N) is 3. The van der Waals surface area contributed by atoms with Gasteiger partial charge < -0.3 is 14.8 Å². The largest absolute Gasteiger partial charge is 0.497 e. The smallest absolute Gasteiger partial charge is 0.338 e. The second-order valence-electron chi connectivity index (χ2n) is 5.09. The number of nitrogens with one attached hydrogen (secondary N) is 1. The lowest BCUT2D eigenvalue weighted by Gasteiger charge is -2.28. The second-order valence-corrected chi connectivity index (χ2v) is 5.09. The second kappa shape index (κ2) is 6.12.